The third kappa shape index (κ3) is 3.31. The highest BCUT2D eigenvalue weighted by molar-refractivity contribution is 5.77. The first-order valence-electron chi connectivity index (χ1n) is 6.19. The first kappa shape index (κ1) is 13.1. The van der Waals surface area contributed by atoms with Crippen LogP contribution in [0.2, 0.25) is 0 Å². The molecule has 4 nitrogen and oxygen atoms in total. The number of nitrogens with zero attached hydrogens (tertiary/aromatic N) is 1. The number of rotatable bonds is 5. The predicted octanol–water partition coefficient (Wildman–Crippen LogP) is 2.74. The second kappa shape index (κ2) is 6.00. The van der Waals surface area contributed by atoms with Gasteiger partial charge in [0.1, 0.15) is 0 Å². The number of anilines is 1. The molecule has 0 amide bonds. The first-order chi connectivity index (χ1) is 9.18. The van der Waals surface area contributed by atoms with E-state index in [4.69, 9.17) is 10.8 Å². The van der Waals surface area contributed by atoms with Gasteiger partial charge in [-0.15, -0.1) is 0 Å². The number of carboxylic acids is 1. The normalized spacial score (nSPS) is 10.3. The average Bonchev–Trinajstić information content (AvgIpc) is 2.40. The van der Waals surface area contributed by atoms with Crippen LogP contribution in [0.1, 0.15) is 18.5 Å². The monoisotopic (exact) mass is 256 g/mol. The summed E-state index contributed by atoms with van der Waals surface area (Å²) in [6.45, 7) is 0. The zero-order valence-corrected chi connectivity index (χ0v) is 10.5. The minimum atomic E-state index is -0.781. The number of hydrogen-bond acceptors (Lipinski definition) is 3. The summed E-state index contributed by atoms with van der Waals surface area (Å²) in [7, 11) is 0. The van der Waals surface area contributed by atoms with Crippen LogP contribution in [0.3, 0.4) is 0 Å². The Morgan fingerprint density at radius 2 is 1.89 bits per heavy atom. The molecular formula is C15H16N2O2. The Morgan fingerprint density at radius 3 is 2.63 bits per heavy atom. The Balaban J connectivity index is 2.26. The number of carbonyl (C=O) groups is 1. The number of para-hydroxylation sites is 1. The van der Waals surface area contributed by atoms with Gasteiger partial charge in [-0.05, 0) is 25.0 Å². The van der Waals surface area contributed by atoms with Gasteiger partial charge in [-0.2, -0.15) is 0 Å². The van der Waals surface area contributed by atoms with Crippen LogP contribution in [-0.4, -0.2) is 16.1 Å². The summed E-state index contributed by atoms with van der Waals surface area (Å²) in [4.78, 5) is 14.9. The van der Waals surface area contributed by atoms with Gasteiger partial charge in [-0.1, -0.05) is 24.3 Å². The summed E-state index contributed by atoms with van der Waals surface area (Å²) in [6.07, 6.45) is 3.09. The minimum absolute atomic E-state index is 0.153. The summed E-state index contributed by atoms with van der Waals surface area (Å²) in [6, 6.07) is 11.5. The zero-order valence-electron chi connectivity index (χ0n) is 10.5. The van der Waals surface area contributed by atoms with Crippen molar-refractivity contribution in [1.29, 1.82) is 0 Å². The van der Waals surface area contributed by atoms with E-state index in [9.17, 15) is 4.79 Å². The molecule has 0 spiro atoms. The third-order valence-electron chi connectivity index (χ3n) is 2.95. The number of pyridine rings is 1. The molecule has 2 aromatic rings. The Bertz CT molecular complexity index is 582. The van der Waals surface area contributed by atoms with Gasteiger partial charge in [0.15, 0.2) is 0 Å². The topological polar surface area (TPSA) is 76.2 Å². The fourth-order valence-corrected chi connectivity index (χ4v) is 2.03. The lowest BCUT2D eigenvalue weighted by Gasteiger charge is -2.10. The highest BCUT2D eigenvalue weighted by Gasteiger charge is 2.09. The maximum absolute atomic E-state index is 10.6. The van der Waals surface area contributed by atoms with E-state index in [1.54, 1.807) is 6.20 Å². The van der Waals surface area contributed by atoms with E-state index in [1.807, 2.05) is 36.4 Å². The zero-order chi connectivity index (χ0) is 13.7. The predicted molar refractivity (Wildman–Crippen MR) is 74.7 cm³/mol. The quantitative estimate of drug-likeness (QED) is 0.806. The molecule has 0 atom stereocenters. The lowest BCUT2D eigenvalue weighted by molar-refractivity contribution is -0.137. The molecule has 19 heavy (non-hydrogen) atoms. The highest BCUT2D eigenvalue weighted by Crippen LogP contribution is 2.28. The van der Waals surface area contributed by atoms with Crippen molar-refractivity contribution >= 4 is 11.7 Å². The molecular weight excluding hydrogens is 240 g/mol. The molecule has 4 heteroatoms. The summed E-state index contributed by atoms with van der Waals surface area (Å²) in [5.41, 5.74) is 9.49. The smallest absolute Gasteiger partial charge is 0.303 e. The molecule has 0 radical (unpaired) electrons. The van der Waals surface area contributed by atoms with Crippen molar-refractivity contribution < 1.29 is 9.90 Å². The number of benzene rings is 1. The van der Waals surface area contributed by atoms with E-state index in [1.165, 1.54) is 0 Å². The molecule has 1 aromatic heterocycles. The van der Waals surface area contributed by atoms with Crippen LogP contribution in [-0.2, 0) is 11.2 Å². The van der Waals surface area contributed by atoms with Gasteiger partial charge in [0, 0.05) is 35.1 Å². The molecule has 0 saturated heterocycles. The van der Waals surface area contributed by atoms with Crippen molar-refractivity contribution in [3.05, 3.63) is 48.3 Å². The SMILES string of the molecule is Nc1ccccc1-c1cccnc1CCCC(=O)O. The van der Waals surface area contributed by atoms with Crippen molar-refractivity contribution in [3.63, 3.8) is 0 Å². The molecule has 0 aliphatic carbocycles. The summed E-state index contributed by atoms with van der Waals surface area (Å²) in [5.74, 6) is -0.781. The lowest BCUT2D eigenvalue weighted by Crippen LogP contribution is -2.00. The largest absolute Gasteiger partial charge is 0.481 e. The molecule has 0 unspecified atom stereocenters. The number of carboxylic acid groups (broad SMARTS) is 1. The summed E-state index contributed by atoms with van der Waals surface area (Å²) < 4.78 is 0. The maximum atomic E-state index is 10.6. The van der Waals surface area contributed by atoms with Gasteiger partial charge in [0.25, 0.3) is 0 Å². The van der Waals surface area contributed by atoms with Gasteiger partial charge in [0.2, 0.25) is 0 Å². The van der Waals surface area contributed by atoms with Crippen molar-refractivity contribution in [2.75, 3.05) is 5.73 Å². The summed E-state index contributed by atoms with van der Waals surface area (Å²) in [5, 5.41) is 8.68. The first-order valence-corrected chi connectivity index (χ1v) is 6.19. The van der Waals surface area contributed by atoms with Crippen LogP contribution in [0.15, 0.2) is 42.6 Å². The van der Waals surface area contributed by atoms with E-state index in [2.05, 4.69) is 4.98 Å². The minimum Gasteiger partial charge on any atom is -0.481 e. The third-order valence-corrected chi connectivity index (χ3v) is 2.95. The standard InChI is InChI=1S/C15H16N2O2/c16-13-7-2-1-5-11(13)12-6-4-10-17-14(12)8-3-9-15(18)19/h1-2,4-7,10H,3,8-9,16H2,(H,18,19). The molecule has 98 valence electrons. The Kier molecular flexibility index (Phi) is 4.13. The molecule has 2 rings (SSSR count). The fraction of sp³-hybridized carbons (Fsp3) is 0.200. The number of nitrogens with two attached hydrogens (primary N) is 1. The number of aliphatic carboxylic acids is 1. The van der Waals surface area contributed by atoms with Gasteiger partial charge >= 0.3 is 5.97 Å². The maximum Gasteiger partial charge on any atom is 0.303 e. The molecule has 0 fully saturated rings. The van der Waals surface area contributed by atoms with E-state index < -0.39 is 5.97 Å². The van der Waals surface area contributed by atoms with E-state index in [0.29, 0.717) is 18.5 Å². The molecule has 1 heterocycles. The van der Waals surface area contributed by atoms with Crippen LogP contribution in [0.4, 0.5) is 5.69 Å². The van der Waals surface area contributed by atoms with Gasteiger partial charge in [-0.25, -0.2) is 0 Å². The van der Waals surface area contributed by atoms with Crippen LogP contribution in [0, 0.1) is 0 Å². The highest BCUT2D eigenvalue weighted by atomic mass is 16.4. The second-order valence-electron chi connectivity index (χ2n) is 4.33. The van der Waals surface area contributed by atoms with E-state index in [0.717, 1.165) is 16.8 Å². The molecule has 0 bridgehead atoms. The van der Waals surface area contributed by atoms with Crippen LogP contribution in [0.25, 0.3) is 11.1 Å². The second-order valence-corrected chi connectivity index (χ2v) is 4.33. The number of aryl methyl sites for hydroxylation is 1. The number of aromatic nitrogens is 1. The molecule has 0 saturated carbocycles. The van der Waals surface area contributed by atoms with Crippen LogP contribution in [0.5, 0.6) is 0 Å². The van der Waals surface area contributed by atoms with E-state index >= 15 is 0 Å². The number of hydrogen-bond donors (Lipinski definition) is 2. The average molecular weight is 256 g/mol. The van der Waals surface area contributed by atoms with Crippen LogP contribution >= 0.6 is 0 Å². The van der Waals surface area contributed by atoms with Crippen molar-refractivity contribution in [2.24, 2.45) is 0 Å². The lowest BCUT2D eigenvalue weighted by atomic mass is 9.99. The van der Waals surface area contributed by atoms with Gasteiger partial charge in [0.05, 0.1) is 0 Å². The Labute approximate surface area is 111 Å². The van der Waals surface area contributed by atoms with Gasteiger partial charge in [-0.3, -0.25) is 9.78 Å². The van der Waals surface area contributed by atoms with E-state index in [-0.39, 0.29) is 6.42 Å². The van der Waals surface area contributed by atoms with Crippen molar-refractivity contribution in [1.82, 2.24) is 4.98 Å². The number of nitrogen functional groups attached to an aromatic ring is 1. The van der Waals surface area contributed by atoms with Crippen molar-refractivity contribution in [3.8, 4) is 11.1 Å². The van der Waals surface area contributed by atoms with Crippen molar-refractivity contribution in [2.45, 2.75) is 19.3 Å². The van der Waals surface area contributed by atoms with Gasteiger partial charge < -0.3 is 10.8 Å². The molecule has 0 aliphatic rings. The molecule has 3 N–H and O–H groups in total. The fourth-order valence-electron chi connectivity index (χ4n) is 2.03. The molecule has 0 aliphatic heterocycles. The molecule has 1 aromatic carbocycles. The van der Waals surface area contributed by atoms with Crippen LogP contribution < -0.4 is 5.73 Å². The Morgan fingerprint density at radius 1 is 1.16 bits per heavy atom. The summed E-state index contributed by atoms with van der Waals surface area (Å²) >= 11 is 0. The Hall–Kier alpha value is -2.36.